The first-order valence-corrected chi connectivity index (χ1v) is 7.78. The molecule has 0 heterocycles. The minimum Gasteiger partial charge on any atom is -0.314 e. The van der Waals surface area contributed by atoms with E-state index in [1.165, 1.54) is 12.1 Å². The second-order valence-electron chi connectivity index (χ2n) is 5.24. The van der Waals surface area contributed by atoms with Gasteiger partial charge in [0.2, 0.25) is 0 Å². The second kappa shape index (κ2) is 7.87. The molecular weight excluding hydrogens is 374 g/mol. The molecule has 1 unspecified atom stereocenters. The van der Waals surface area contributed by atoms with Gasteiger partial charge in [-0.2, -0.15) is 0 Å². The quantitative estimate of drug-likeness (QED) is 0.434. The van der Waals surface area contributed by atoms with Crippen LogP contribution in [0.5, 0.6) is 0 Å². The average molecular weight is 394 g/mol. The van der Waals surface area contributed by atoms with Crippen LogP contribution in [0.4, 0.5) is 10.1 Å². The maximum Gasteiger partial charge on any atom is 0.273 e. The van der Waals surface area contributed by atoms with Crippen molar-refractivity contribution in [2.75, 3.05) is 6.54 Å². The van der Waals surface area contributed by atoms with E-state index in [1.807, 2.05) is 6.92 Å². The molecule has 112 valence electrons. The Morgan fingerprint density at radius 1 is 1.45 bits per heavy atom. The van der Waals surface area contributed by atoms with Gasteiger partial charge in [-0.15, -0.1) is 0 Å². The largest absolute Gasteiger partial charge is 0.314 e. The zero-order valence-corrected chi connectivity index (χ0v) is 14.1. The van der Waals surface area contributed by atoms with Crippen LogP contribution in [-0.2, 0) is 6.42 Å². The van der Waals surface area contributed by atoms with Crippen LogP contribution in [0, 0.1) is 25.4 Å². The SMILES string of the molecule is CCNC(Cc1cc(F)c(I)cc1[N+](=O)[O-])CC(C)C. The Balaban J connectivity index is 3.04. The monoisotopic (exact) mass is 394 g/mol. The van der Waals surface area contributed by atoms with Crippen molar-refractivity contribution in [3.05, 3.63) is 37.2 Å². The molecule has 0 bridgehead atoms. The van der Waals surface area contributed by atoms with Crippen molar-refractivity contribution in [2.24, 2.45) is 5.92 Å². The lowest BCUT2D eigenvalue weighted by Crippen LogP contribution is -2.32. The average Bonchev–Trinajstić information content (AvgIpc) is 2.32. The summed E-state index contributed by atoms with van der Waals surface area (Å²) < 4.78 is 14.0. The summed E-state index contributed by atoms with van der Waals surface area (Å²) in [5.41, 5.74) is 0.460. The van der Waals surface area contributed by atoms with E-state index in [4.69, 9.17) is 0 Å². The minimum atomic E-state index is -0.435. The molecule has 0 aliphatic rings. The summed E-state index contributed by atoms with van der Waals surface area (Å²) in [7, 11) is 0. The first-order valence-electron chi connectivity index (χ1n) is 6.70. The normalized spacial score (nSPS) is 12.7. The van der Waals surface area contributed by atoms with Crippen molar-refractivity contribution in [1.82, 2.24) is 5.32 Å². The van der Waals surface area contributed by atoms with Crippen LogP contribution < -0.4 is 5.32 Å². The fourth-order valence-corrected chi connectivity index (χ4v) is 2.72. The Kier molecular flexibility index (Phi) is 6.81. The molecule has 20 heavy (non-hydrogen) atoms. The van der Waals surface area contributed by atoms with E-state index >= 15 is 0 Å². The topological polar surface area (TPSA) is 55.2 Å². The maximum absolute atomic E-state index is 13.7. The summed E-state index contributed by atoms with van der Waals surface area (Å²) in [5.74, 6) is 0.0813. The third-order valence-electron chi connectivity index (χ3n) is 3.03. The van der Waals surface area contributed by atoms with Crippen LogP contribution in [0.2, 0.25) is 0 Å². The minimum absolute atomic E-state index is 0.00228. The van der Waals surface area contributed by atoms with Crippen molar-refractivity contribution in [2.45, 2.75) is 39.7 Å². The summed E-state index contributed by atoms with van der Waals surface area (Å²) in [4.78, 5) is 10.7. The van der Waals surface area contributed by atoms with E-state index < -0.39 is 10.7 Å². The Morgan fingerprint density at radius 2 is 2.10 bits per heavy atom. The van der Waals surface area contributed by atoms with Gasteiger partial charge < -0.3 is 5.32 Å². The van der Waals surface area contributed by atoms with Crippen molar-refractivity contribution in [1.29, 1.82) is 0 Å². The molecule has 0 saturated carbocycles. The predicted octanol–water partition coefficient (Wildman–Crippen LogP) is 3.91. The highest BCUT2D eigenvalue weighted by Crippen LogP contribution is 2.26. The molecule has 1 atom stereocenters. The van der Waals surface area contributed by atoms with E-state index in [1.54, 1.807) is 22.6 Å². The van der Waals surface area contributed by atoms with Gasteiger partial charge in [-0.3, -0.25) is 10.1 Å². The fourth-order valence-electron chi connectivity index (χ4n) is 2.27. The zero-order valence-electron chi connectivity index (χ0n) is 12.0. The molecule has 0 radical (unpaired) electrons. The molecule has 0 spiro atoms. The molecule has 0 aliphatic carbocycles. The summed E-state index contributed by atoms with van der Waals surface area (Å²) in [6, 6.07) is 2.73. The standard InChI is InChI=1S/C14H20FIN2O2/c1-4-17-11(5-9(2)3)6-10-7-12(15)13(16)8-14(10)18(19)20/h7-9,11,17H,4-6H2,1-3H3. The molecule has 0 aromatic heterocycles. The van der Waals surface area contributed by atoms with Gasteiger partial charge in [0.25, 0.3) is 5.69 Å². The Labute approximate surface area is 132 Å². The molecule has 1 aromatic rings. The second-order valence-corrected chi connectivity index (χ2v) is 6.40. The van der Waals surface area contributed by atoms with Gasteiger partial charge in [-0.05, 0) is 54.0 Å². The first kappa shape index (κ1) is 17.3. The fraction of sp³-hybridized carbons (Fsp3) is 0.571. The number of rotatable bonds is 7. The van der Waals surface area contributed by atoms with Gasteiger partial charge in [0, 0.05) is 17.7 Å². The van der Waals surface area contributed by atoms with Gasteiger partial charge in [0.05, 0.1) is 8.49 Å². The van der Waals surface area contributed by atoms with Crippen molar-refractivity contribution < 1.29 is 9.31 Å². The number of nitro groups is 1. The van der Waals surface area contributed by atoms with Crippen molar-refractivity contribution in [3.63, 3.8) is 0 Å². The lowest BCUT2D eigenvalue weighted by atomic mass is 9.96. The number of nitrogens with one attached hydrogen (secondary N) is 1. The van der Waals surface area contributed by atoms with E-state index in [2.05, 4.69) is 19.2 Å². The molecule has 0 saturated heterocycles. The van der Waals surface area contributed by atoms with Crippen LogP contribution in [0.15, 0.2) is 12.1 Å². The lowest BCUT2D eigenvalue weighted by Gasteiger charge is -2.20. The van der Waals surface area contributed by atoms with Crippen LogP contribution in [0.25, 0.3) is 0 Å². The van der Waals surface area contributed by atoms with E-state index in [-0.39, 0.29) is 15.3 Å². The number of hydrogen-bond donors (Lipinski definition) is 1. The smallest absolute Gasteiger partial charge is 0.273 e. The van der Waals surface area contributed by atoms with E-state index in [0.717, 1.165) is 13.0 Å². The van der Waals surface area contributed by atoms with Crippen LogP contribution in [-0.4, -0.2) is 17.5 Å². The summed E-state index contributed by atoms with van der Waals surface area (Å²) in [5, 5.41) is 14.4. The van der Waals surface area contributed by atoms with Gasteiger partial charge in [0.15, 0.2) is 0 Å². The lowest BCUT2D eigenvalue weighted by molar-refractivity contribution is -0.385. The molecule has 4 nitrogen and oxygen atoms in total. The first-order chi connectivity index (χ1) is 9.35. The molecule has 0 amide bonds. The third kappa shape index (κ3) is 4.97. The Bertz CT molecular complexity index is 480. The summed E-state index contributed by atoms with van der Waals surface area (Å²) >= 11 is 1.78. The number of hydrogen-bond acceptors (Lipinski definition) is 3. The molecule has 1 N–H and O–H groups in total. The summed E-state index contributed by atoms with van der Waals surface area (Å²) in [6.45, 7) is 6.99. The highest BCUT2D eigenvalue weighted by Gasteiger charge is 2.21. The predicted molar refractivity (Wildman–Crippen MR) is 86.4 cm³/mol. The molecule has 6 heteroatoms. The van der Waals surface area contributed by atoms with Gasteiger partial charge in [-0.1, -0.05) is 20.8 Å². The zero-order chi connectivity index (χ0) is 15.3. The third-order valence-corrected chi connectivity index (χ3v) is 3.86. The summed E-state index contributed by atoms with van der Waals surface area (Å²) in [6.07, 6.45) is 1.37. The molecule has 1 aromatic carbocycles. The highest BCUT2D eigenvalue weighted by molar-refractivity contribution is 14.1. The Morgan fingerprint density at radius 3 is 2.60 bits per heavy atom. The Hall–Kier alpha value is -0.760. The number of halogens is 2. The molecule has 0 aliphatic heterocycles. The molecule has 1 rings (SSSR count). The number of nitrogens with zero attached hydrogens (tertiary/aromatic N) is 1. The van der Waals surface area contributed by atoms with E-state index in [9.17, 15) is 14.5 Å². The van der Waals surface area contributed by atoms with Gasteiger partial charge >= 0.3 is 0 Å². The maximum atomic E-state index is 13.7. The number of nitro benzene ring substituents is 1. The van der Waals surface area contributed by atoms with Crippen LogP contribution >= 0.6 is 22.6 Å². The van der Waals surface area contributed by atoms with Crippen molar-refractivity contribution >= 4 is 28.3 Å². The van der Waals surface area contributed by atoms with Gasteiger partial charge in [-0.25, -0.2) is 4.39 Å². The van der Waals surface area contributed by atoms with Crippen LogP contribution in [0.1, 0.15) is 32.8 Å². The highest BCUT2D eigenvalue weighted by atomic mass is 127. The van der Waals surface area contributed by atoms with E-state index in [0.29, 0.717) is 17.9 Å². The number of benzene rings is 1. The van der Waals surface area contributed by atoms with Crippen LogP contribution in [0.3, 0.4) is 0 Å². The molecular formula is C14H20FIN2O2. The van der Waals surface area contributed by atoms with Crippen molar-refractivity contribution in [3.8, 4) is 0 Å². The van der Waals surface area contributed by atoms with Gasteiger partial charge in [0.1, 0.15) is 5.82 Å². The molecule has 0 fully saturated rings. The number of likely N-dealkylation sites (N-methyl/N-ethyl adjacent to an activating group) is 1.